The third-order valence-corrected chi connectivity index (χ3v) is 3.23. The predicted octanol–water partition coefficient (Wildman–Crippen LogP) is 2.43. The van der Waals surface area contributed by atoms with Crippen molar-refractivity contribution < 1.29 is 0 Å². The lowest BCUT2D eigenvalue weighted by atomic mass is 10.5. The highest BCUT2D eigenvalue weighted by Crippen LogP contribution is 2.26. The summed E-state index contributed by atoms with van der Waals surface area (Å²) < 4.78 is 2.63. The van der Waals surface area contributed by atoms with Crippen molar-refractivity contribution in [2.75, 3.05) is 0 Å². The predicted molar refractivity (Wildman–Crippen MR) is 61.8 cm³/mol. The summed E-state index contributed by atoms with van der Waals surface area (Å²) in [4.78, 5) is 8.14. The molecule has 0 unspecified atom stereocenters. The largest absolute Gasteiger partial charge is 0.261 e. The number of hydrogen-bond acceptors (Lipinski definition) is 4. The molecular formula is C9H9BrN4S. The Hall–Kier alpha value is -0.880. The smallest absolute Gasteiger partial charge is 0.118 e. The summed E-state index contributed by atoms with van der Waals surface area (Å²) in [5, 5.41) is 6.24. The number of halogens is 1. The topological polar surface area (TPSA) is 43.6 Å². The van der Waals surface area contributed by atoms with E-state index in [9.17, 15) is 0 Å². The molecule has 0 aliphatic heterocycles. The van der Waals surface area contributed by atoms with Gasteiger partial charge in [-0.2, -0.15) is 5.10 Å². The lowest BCUT2D eigenvalue weighted by Gasteiger charge is -2.00. The molecule has 0 saturated carbocycles. The van der Waals surface area contributed by atoms with Gasteiger partial charge in [-0.15, -0.1) is 0 Å². The summed E-state index contributed by atoms with van der Waals surface area (Å²) in [6, 6.07) is 3.91. The zero-order chi connectivity index (χ0) is 10.8. The summed E-state index contributed by atoms with van der Waals surface area (Å²) in [6.45, 7) is 1.97. The maximum Gasteiger partial charge on any atom is 0.118 e. The summed E-state index contributed by atoms with van der Waals surface area (Å²) in [5.41, 5.74) is 1.01. The summed E-state index contributed by atoms with van der Waals surface area (Å²) >= 11 is 4.88. The van der Waals surface area contributed by atoms with Crippen LogP contribution < -0.4 is 0 Å². The first-order valence-corrected chi connectivity index (χ1v) is 5.92. The van der Waals surface area contributed by atoms with Gasteiger partial charge in [0.2, 0.25) is 0 Å². The highest BCUT2D eigenvalue weighted by molar-refractivity contribution is 9.10. The van der Waals surface area contributed by atoms with E-state index in [0.717, 1.165) is 20.3 Å². The Bertz CT molecular complexity index is 483. The van der Waals surface area contributed by atoms with Crippen molar-refractivity contribution in [3.05, 3.63) is 28.8 Å². The maximum atomic E-state index is 4.27. The number of aromatic nitrogens is 4. The molecule has 2 aromatic heterocycles. The Kier molecular flexibility index (Phi) is 3.06. The van der Waals surface area contributed by atoms with Crippen LogP contribution in [-0.4, -0.2) is 19.7 Å². The molecule has 0 amide bonds. The van der Waals surface area contributed by atoms with E-state index < -0.39 is 0 Å². The van der Waals surface area contributed by atoms with Gasteiger partial charge in [-0.25, -0.2) is 9.97 Å². The second-order valence-corrected chi connectivity index (χ2v) is 4.88. The molecule has 6 heteroatoms. The van der Waals surface area contributed by atoms with Gasteiger partial charge in [-0.1, -0.05) is 11.8 Å². The third kappa shape index (κ3) is 2.57. The van der Waals surface area contributed by atoms with Gasteiger partial charge in [0.15, 0.2) is 0 Å². The maximum absolute atomic E-state index is 4.27. The Morgan fingerprint density at radius 2 is 2.13 bits per heavy atom. The van der Waals surface area contributed by atoms with Gasteiger partial charge in [0.25, 0.3) is 0 Å². The average molecular weight is 285 g/mol. The van der Waals surface area contributed by atoms with Crippen molar-refractivity contribution in [3.63, 3.8) is 0 Å². The van der Waals surface area contributed by atoms with Crippen LogP contribution in [0.1, 0.15) is 5.69 Å². The van der Waals surface area contributed by atoms with E-state index >= 15 is 0 Å². The summed E-state index contributed by atoms with van der Waals surface area (Å²) in [6.07, 6.45) is 1.54. The minimum Gasteiger partial charge on any atom is -0.261 e. The molecule has 0 bridgehead atoms. The Labute approximate surface area is 100 Å². The van der Waals surface area contributed by atoms with E-state index in [-0.39, 0.29) is 0 Å². The van der Waals surface area contributed by atoms with Crippen LogP contribution in [0.4, 0.5) is 0 Å². The Morgan fingerprint density at radius 1 is 1.33 bits per heavy atom. The van der Waals surface area contributed by atoms with Crippen molar-refractivity contribution in [2.24, 2.45) is 7.05 Å². The molecule has 0 N–H and O–H groups in total. The Morgan fingerprint density at radius 3 is 2.73 bits per heavy atom. The van der Waals surface area contributed by atoms with Crippen LogP contribution in [0.2, 0.25) is 0 Å². The fourth-order valence-corrected chi connectivity index (χ4v) is 2.51. The first-order valence-electron chi connectivity index (χ1n) is 4.31. The van der Waals surface area contributed by atoms with Crippen LogP contribution in [0.25, 0.3) is 0 Å². The number of hydrogen-bond donors (Lipinski definition) is 0. The molecule has 15 heavy (non-hydrogen) atoms. The molecule has 0 spiro atoms. The molecule has 4 nitrogen and oxygen atoms in total. The number of rotatable bonds is 2. The SMILES string of the molecule is Cc1cc(Sc2cc(Br)ncn2)n(C)n1. The van der Waals surface area contributed by atoms with Crippen LogP contribution in [-0.2, 0) is 7.05 Å². The van der Waals surface area contributed by atoms with E-state index in [1.807, 2.05) is 30.8 Å². The zero-order valence-corrected chi connectivity index (χ0v) is 10.7. The molecule has 0 atom stereocenters. The minimum absolute atomic E-state index is 0.791. The van der Waals surface area contributed by atoms with E-state index in [4.69, 9.17) is 0 Å². The summed E-state index contributed by atoms with van der Waals surface area (Å²) in [7, 11) is 1.92. The fraction of sp³-hybridized carbons (Fsp3) is 0.222. The lowest BCUT2D eigenvalue weighted by Crippen LogP contribution is -1.92. The Balaban J connectivity index is 2.25. The molecule has 0 radical (unpaired) electrons. The van der Waals surface area contributed by atoms with Gasteiger partial charge in [-0.3, -0.25) is 4.68 Å². The molecule has 2 aromatic rings. The van der Waals surface area contributed by atoms with Gasteiger partial charge < -0.3 is 0 Å². The van der Waals surface area contributed by atoms with E-state index in [1.54, 1.807) is 11.8 Å². The standard InChI is InChI=1S/C9H9BrN4S/c1-6-3-9(14(2)13-6)15-8-4-7(10)11-5-12-8/h3-5H,1-2H3. The van der Waals surface area contributed by atoms with Crippen molar-refractivity contribution in [1.82, 2.24) is 19.7 Å². The normalized spacial score (nSPS) is 10.6. The molecular weight excluding hydrogens is 276 g/mol. The van der Waals surface area contributed by atoms with Gasteiger partial charge in [0, 0.05) is 13.1 Å². The third-order valence-electron chi connectivity index (χ3n) is 1.78. The molecule has 2 heterocycles. The first kappa shape index (κ1) is 10.6. The average Bonchev–Trinajstić information content (AvgIpc) is 2.45. The van der Waals surface area contributed by atoms with Crippen LogP contribution in [0.3, 0.4) is 0 Å². The van der Waals surface area contributed by atoms with Crippen molar-refractivity contribution in [1.29, 1.82) is 0 Å². The highest BCUT2D eigenvalue weighted by Gasteiger charge is 2.05. The molecule has 0 aromatic carbocycles. The molecule has 0 fully saturated rings. The molecule has 78 valence electrons. The highest BCUT2D eigenvalue weighted by atomic mass is 79.9. The van der Waals surface area contributed by atoms with Gasteiger partial charge in [-0.05, 0) is 28.9 Å². The molecule has 0 aliphatic carbocycles. The van der Waals surface area contributed by atoms with Crippen molar-refractivity contribution in [2.45, 2.75) is 17.0 Å². The molecule has 0 aliphatic rings. The van der Waals surface area contributed by atoms with E-state index in [0.29, 0.717) is 0 Å². The van der Waals surface area contributed by atoms with Crippen molar-refractivity contribution >= 4 is 27.7 Å². The van der Waals surface area contributed by atoms with E-state index in [1.165, 1.54) is 6.33 Å². The molecule has 2 rings (SSSR count). The van der Waals surface area contributed by atoms with E-state index in [2.05, 4.69) is 31.0 Å². The van der Waals surface area contributed by atoms with Crippen LogP contribution in [0.5, 0.6) is 0 Å². The van der Waals surface area contributed by atoms with Gasteiger partial charge in [0.05, 0.1) is 5.69 Å². The first-order chi connectivity index (χ1) is 7.15. The second-order valence-electron chi connectivity index (χ2n) is 3.03. The van der Waals surface area contributed by atoms with Gasteiger partial charge in [0.1, 0.15) is 21.0 Å². The quantitative estimate of drug-likeness (QED) is 0.795. The minimum atomic E-state index is 0.791. The second kappa shape index (κ2) is 4.32. The molecule has 0 saturated heterocycles. The number of nitrogens with zero attached hydrogens (tertiary/aromatic N) is 4. The lowest BCUT2D eigenvalue weighted by molar-refractivity contribution is 0.692. The van der Waals surface area contributed by atoms with Crippen molar-refractivity contribution in [3.8, 4) is 0 Å². The van der Waals surface area contributed by atoms with Crippen LogP contribution >= 0.6 is 27.7 Å². The van der Waals surface area contributed by atoms with Crippen LogP contribution in [0, 0.1) is 6.92 Å². The summed E-state index contributed by atoms with van der Waals surface area (Å²) in [5.74, 6) is 0. The van der Waals surface area contributed by atoms with Crippen LogP contribution in [0.15, 0.2) is 33.1 Å². The number of aryl methyl sites for hydroxylation is 2. The van der Waals surface area contributed by atoms with Gasteiger partial charge >= 0.3 is 0 Å². The fourth-order valence-electron chi connectivity index (χ4n) is 1.16. The monoisotopic (exact) mass is 284 g/mol. The zero-order valence-electron chi connectivity index (χ0n) is 8.31.